The number of nitrogens with one attached hydrogen (secondary N) is 2. The lowest BCUT2D eigenvalue weighted by Gasteiger charge is -2.25. The number of H-pyrrole nitrogens is 1. The summed E-state index contributed by atoms with van der Waals surface area (Å²) < 4.78 is 0. The standard InChI is InChI=1S/C10H19N5O/c1-10(2,3)8(11)9(16)12-5-4-7-13-6-14-15-7/h6,8H,4-5,11H2,1-3H3,(H,12,16)(H,13,14,15). The number of hydrogen-bond donors (Lipinski definition) is 3. The van der Waals surface area contributed by atoms with Crippen molar-refractivity contribution in [2.45, 2.75) is 33.2 Å². The minimum absolute atomic E-state index is 0.132. The smallest absolute Gasteiger partial charge is 0.237 e. The van der Waals surface area contributed by atoms with Gasteiger partial charge in [-0.1, -0.05) is 20.8 Å². The summed E-state index contributed by atoms with van der Waals surface area (Å²) in [6.45, 7) is 6.33. The monoisotopic (exact) mass is 225 g/mol. The average molecular weight is 225 g/mol. The highest BCUT2D eigenvalue weighted by Crippen LogP contribution is 2.16. The normalized spacial score (nSPS) is 13.5. The van der Waals surface area contributed by atoms with Crippen molar-refractivity contribution in [3.05, 3.63) is 12.2 Å². The number of rotatable bonds is 4. The molecule has 1 aromatic rings. The SMILES string of the molecule is CC(C)(C)C(N)C(=O)NCCc1ncn[nH]1. The van der Waals surface area contributed by atoms with Crippen LogP contribution in [0, 0.1) is 5.41 Å². The largest absolute Gasteiger partial charge is 0.354 e. The quantitative estimate of drug-likeness (QED) is 0.663. The van der Waals surface area contributed by atoms with Crippen LogP contribution in [0.5, 0.6) is 0 Å². The molecule has 1 rings (SSSR count). The van der Waals surface area contributed by atoms with Gasteiger partial charge >= 0.3 is 0 Å². The molecule has 0 aromatic carbocycles. The number of carbonyl (C=O) groups excluding carboxylic acids is 1. The fourth-order valence-corrected chi connectivity index (χ4v) is 1.16. The molecule has 0 fully saturated rings. The molecule has 0 aliphatic heterocycles. The Morgan fingerprint density at radius 2 is 2.31 bits per heavy atom. The molecular weight excluding hydrogens is 206 g/mol. The van der Waals surface area contributed by atoms with E-state index in [4.69, 9.17) is 5.73 Å². The third-order valence-electron chi connectivity index (χ3n) is 2.34. The van der Waals surface area contributed by atoms with Crippen molar-refractivity contribution in [1.82, 2.24) is 20.5 Å². The van der Waals surface area contributed by atoms with Gasteiger partial charge in [0, 0.05) is 13.0 Å². The molecule has 16 heavy (non-hydrogen) atoms. The second kappa shape index (κ2) is 5.07. The first-order chi connectivity index (χ1) is 7.41. The molecule has 90 valence electrons. The summed E-state index contributed by atoms with van der Waals surface area (Å²) in [7, 11) is 0. The summed E-state index contributed by atoms with van der Waals surface area (Å²) in [5.74, 6) is 0.622. The van der Waals surface area contributed by atoms with Crippen molar-refractivity contribution in [3.8, 4) is 0 Å². The molecule has 1 heterocycles. The lowest BCUT2D eigenvalue weighted by molar-refractivity contribution is -0.124. The van der Waals surface area contributed by atoms with Crippen LogP contribution in [0.15, 0.2) is 6.33 Å². The highest BCUT2D eigenvalue weighted by Gasteiger charge is 2.26. The predicted octanol–water partition coefficient (Wildman–Crippen LogP) is -0.163. The van der Waals surface area contributed by atoms with Gasteiger partial charge in [0.2, 0.25) is 5.91 Å². The average Bonchev–Trinajstić information content (AvgIpc) is 2.67. The van der Waals surface area contributed by atoms with E-state index in [1.807, 2.05) is 20.8 Å². The van der Waals surface area contributed by atoms with Crippen LogP contribution in [-0.2, 0) is 11.2 Å². The van der Waals surface area contributed by atoms with Crippen LogP contribution < -0.4 is 11.1 Å². The van der Waals surface area contributed by atoms with E-state index in [0.717, 1.165) is 5.82 Å². The topological polar surface area (TPSA) is 96.7 Å². The molecule has 1 unspecified atom stereocenters. The van der Waals surface area contributed by atoms with Gasteiger partial charge < -0.3 is 11.1 Å². The Hall–Kier alpha value is -1.43. The van der Waals surface area contributed by atoms with E-state index >= 15 is 0 Å². The van der Waals surface area contributed by atoms with E-state index < -0.39 is 6.04 Å². The van der Waals surface area contributed by atoms with E-state index in [0.29, 0.717) is 13.0 Å². The molecule has 0 saturated carbocycles. The maximum absolute atomic E-state index is 11.6. The van der Waals surface area contributed by atoms with E-state index in [-0.39, 0.29) is 11.3 Å². The number of amides is 1. The maximum Gasteiger partial charge on any atom is 0.237 e. The zero-order valence-corrected chi connectivity index (χ0v) is 9.95. The van der Waals surface area contributed by atoms with Crippen LogP contribution >= 0.6 is 0 Å². The van der Waals surface area contributed by atoms with Gasteiger partial charge in [0.25, 0.3) is 0 Å². The van der Waals surface area contributed by atoms with E-state index in [1.165, 1.54) is 6.33 Å². The van der Waals surface area contributed by atoms with E-state index in [1.54, 1.807) is 0 Å². The number of nitrogens with two attached hydrogens (primary N) is 1. The van der Waals surface area contributed by atoms with Gasteiger partial charge in [-0.2, -0.15) is 5.10 Å². The predicted molar refractivity (Wildman–Crippen MR) is 60.5 cm³/mol. The molecule has 6 heteroatoms. The molecule has 0 spiro atoms. The lowest BCUT2D eigenvalue weighted by atomic mass is 9.87. The number of hydrogen-bond acceptors (Lipinski definition) is 4. The summed E-state index contributed by atoms with van der Waals surface area (Å²) in [5.41, 5.74) is 5.58. The van der Waals surface area contributed by atoms with Crippen molar-refractivity contribution >= 4 is 5.91 Å². The Kier molecular flexibility index (Phi) is 4.00. The summed E-state index contributed by atoms with van der Waals surface area (Å²) in [4.78, 5) is 15.6. The van der Waals surface area contributed by atoms with Crippen molar-refractivity contribution in [3.63, 3.8) is 0 Å². The molecule has 4 N–H and O–H groups in total. The maximum atomic E-state index is 11.6. The third kappa shape index (κ3) is 3.62. The molecule has 1 amide bonds. The number of carbonyl (C=O) groups is 1. The number of nitrogens with zero attached hydrogens (tertiary/aromatic N) is 2. The minimum Gasteiger partial charge on any atom is -0.354 e. The van der Waals surface area contributed by atoms with Crippen LogP contribution in [0.4, 0.5) is 0 Å². The summed E-state index contributed by atoms with van der Waals surface area (Å²) in [6.07, 6.45) is 2.07. The molecular formula is C10H19N5O. The third-order valence-corrected chi connectivity index (χ3v) is 2.34. The summed E-state index contributed by atoms with van der Waals surface area (Å²) in [6, 6.07) is -0.498. The van der Waals surface area contributed by atoms with Crippen LogP contribution in [-0.4, -0.2) is 33.7 Å². The zero-order chi connectivity index (χ0) is 12.2. The fraction of sp³-hybridized carbons (Fsp3) is 0.700. The lowest BCUT2D eigenvalue weighted by Crippen LogP contribution is -2.49. The van der Waals surface area contributed by atoms with Gasteiger partial charge in [-0.05, 0) is 5.41 Å². The molecule has 1 atom stereocenters. The summed E-state index contributed by atoms with van der Waals surface area (Å²) >= 11 is 0. The van der Waals surface area contributed by atoms with Crippen LogP contribution in [0.1, 0.15) is 26.6 Å². The first-order valence-corrected chi connectivity index (χ1v) is 5.29. The van der Waals surface area contributed by atoms with Crippen molar-refractivity contribution in [2.75, 3.05) is 6.54 Å². The highest BCUT2D eigenvalue weighted by atomic mass is 16.2. The van der Waals surface area contributed by atoms with Gasteiger partial charge in [-0.15, -0.1) is 0 Å². The fourth-order valence-electron chi connectivity index (χ4n) is 1.16. The Balaban J connectivity index is 2.30. The number of aromatic nitrogens is 3. The van der Waals surface area contributed by atoms with Crippen LogP contribution in [0.3, 0.4) is 0 Å². The van der Waals surface area contributed by atoms with Crippen molar-refractivity contribution in [1.29, 1.82) is 0 Å². The second-order valence-electron chi connectivity index (χ2n) is 4.82. The first kappa shape index (κ1) is 12.6. The van der Waals surface area contributed by atoms with E-state index in [9.17, 15) is 4.79 Å². The molecule has 0 radical (unpaired) electrons. The molecule has 0 saturated heterocycles. The van der Waals surface area contributed by atoms with E-state index in [2.05, 4.69) is 20.5 Å². The molecule has 6 nitrogen and oxygen atoms in total. The second-order valence-corrected chi connectivity index (χ2v) is 4.82. The Labute approximate surface area is 95.0 Å². The Morgan fingerprint density at radius 3 is 2.81 bits per heavy atom. The van der Waals surface area contributed by atoms with Gasteiger partial charge in [0.05, 0.1) is 6.04 Å². The molecule has 1 aromatic heterocycles. The molecule has 0 aliphatic rings. The molecule has 0 aliphatic carbocycles. The first-order valence-electron chi connectivity index (χ1n) is 5.29. The van der Waals surface area contributed by atoms with Crippen LogP contribution in [0.25, 0.3) is 0 Å². The van der Waals surface area contributed by atoms with Gasteiger partial charge in [-0.25, -0.2) is 4.98 Å². The van der Waals surface area contributed by atoms with Gasteiger partial charge in [-0.3, -0.25) is 9.89 Å². The zero-order valence-electron chi connectivity index (χ0n) is 9.95. The molecule has 0 bridgehead atoms. The Bertz CT molecular complexity index is 327. The number of aromatic amines is 1. The van der Waals surface area contributed by atoms with Gasteiger partial charge in [0.15, 0.2) is 0 Å². The minimum atomic E-state index is -0.498. The van der Waals surface area contributed by atoms with Crippen molar-refractivity contribution in [2.24, 2.45) is 11.1 Å². The highest BCUT2D eigenvalue weighted by molar-refractivity contribution is 5.82. The van der Waals surface area contributed by atoms with Crippen molar-refractivity contribution < 1.29 is 4.79 Å². The summed E-state index contributed by atoms with van der Waals surface area (Å²) in [5, 5.41) is 9.22. The van der Waals surface area contributed by atoms with Crippen LogP contribution in [0.2, 0.25) is 0 Å². The Morgan fingerprint density at radius 1 is 1.62 bits per heavy atom. The van der Waals surface area contributed by atoms with Gasteiger partial charge in [0.1, 0.15) is 12.2 Å².